The number of hydrogen-bond acceptors (Lipinski definition) is 2. The highest BCUT2D eigenvalue weighted by atomic mass is 15.1. The van der Waals surface area contributed by atoms with Gasteiger partial charge in [-0.05, 0) is 79.4 Å². The number of allylic oxidation sites excluding steroid dienone is 3. The minimum Gasteiger partial charge on any atom is -0.320 e. The second kappa shape index (κ2) is 17.3. The first-order valence-corrected chi connectivity index (χ1v) is 16.5. The van der Waals surface area contributed by atoms with Gasteiger partial charge in [-0.2, -0.15) is 0 Å². The number of rotatable bonds is 6. The first-order valence-electron chi connectivity index (χ1n) is 16.5. The standard InChI is InChI=1S/C35H26N4.C4H8.2C2H6/c1-36-22-27(25-10-4-2-5-11-25)23-37-24-39-33-15-9-8-14-29(33)32-21-31-26(20-35(32)39)16-17-34-30(31)18-19-38(34)28-12-6-3-7-13-28;1-3-4-2;2*1-2/h2-23H,1,24H2;3-4H,1-2H3;2*1-2H3/b27-22+,37-23-;4-3-;;. The van der Waals surface area contributed by atoms with Gasteiger partial charge < -0.3 is 9.13 Å². The van der Waals surface area contributed by atoms with Crippen LogP contribution in [0.25, 0.3) is 54.7 Å². The summed E-state index contributed by atoms with van der Waals surface area (Å²) in [7, 11) is 0. The third-order valence-electron chi connectivity index (χ3n) is 7.74. The minimum atomic E-state index is 0.503. The molecule has 238 valence electrons. The largest absolute Gasteiger partial charge is 0.320 e. The first-order chi connectivity index (χ1) is 23.2. The molecule has 0 spiro atoms. The number of para-hydroxylation sites is 2. The van der Waals surface area contributed by atoms with Gasteiger partial charge in [0.25, 0.3) is 0 Å². The summed E-state index contributed by atoms with van der Waals surface area (Å²) >= 11 is 0. The summed E-state index contributed by atoms with van der Waals surface area (Å²) in [6.07, 6.45) is 9.81. The molecule has 7 aromatic rings. The van der Waals surface area contributed by atoms with E-state index in [-0.39, 0.29) is 0 Å². The molecule has 0 fully saturated rings. The Balaban J connectivity index is 0.000000574. The van der Waals surface area contributed by atoms with Gasteiger partial charge in [-0.25, -0.2) is 0 Å². The zero-order chi connectivity index (χ0) is 33.6. The fourth-order valence-electron chi connectivity index (χ4n) is 5.59. The van der Waals surface area contributed by atoms with Gasteiger partial charge in [-0.3, -0.25) is 9.98 Å². The van der Waals surface area contributed by atoms with E-state index in [1.54, 1.807) is 6.20 Å². The predicted molar refractivity (Wildman–Crippen MR) is 209 cm³/mol. The summed E-state index contributed by atoms with van der Waals surface area (Å²) in [6, 6.07) is 40.6. The monoisotopic (exact) mass is 618 g/mol. The van der Waals surface area contributed by atoms with Crippen LogP contribution in [0.2, 0.25) is 0 Å². The van der Waals surface area contributed by atoms with Crippen LogP contribution < -0.4 is 0 Å². The maximum absolute atomic E-state index is 4.85. The second-order valence-electron chi connectivity index (χ2n) is 10.3. The molecule has 0 N–H and O–H groups in total. The van der Waals surface area contributed by atoms with Crippen molar-refractivity contribution in [1.29, 1.82) is 0 Å². The highest BCUT2D eigenvalue weighted by Crippen LogP contribution is 2.36. The first kappa shape index (κ1) is 34.4. The lowest BCUT2D eigenvalue weighted by Crippen LogP contribution is -1.96. The van der Waals surface area contributed by atoms with Crippen LogP contribution in [-0.2, 0) is 6.67 Å². The summed E-state index contributed by atoms with van der Waals surface area (Å²) in [4.78, 5) is 8.85. The van der Waals surface area contributed by atoms with E-state index in [2.05, 4.69) is 124 Å². The lowest BCUT2D eigenvalue weighted by atomic mass is 10.0. The van der Waals surface area contributed by atoms with Gasteiger partial charge in [0, 0.05) is 46.0 Å². The Hall–Kier alpha value is -5.48. The lowest BCUT2D eigenvalue weighted by Gasteiger charge is -2.08. The number of benzene rings is 5. The molecule has 0 aliphatic carbocycles. The van der Waals surface area contributed by atoms with Crippen molar-refractivity contribution in [1.82, 2.24) is 9.13 Å². The Morgan fingerprint density at radius 3 is 1.96 bits per heavy atom. The quantitative estimate of drug-likeness (QED) is 0.131. The second-order valence-corrected chi connectivity index (χ2v) is 10.3. The van der Waals surface area contributed by atoms with Crippen molar-refractivity contribution in [2.75, 3.05) is 0 Å². The lowest BCUT2D eigenvalue weighted by molar-refractivity contribution is 0.797. The number of aliphatic imine (C=N–C) groups is 2. The highest BCUT2D eigenvalue weighted by molar-refractivity contribution is 6.17. The van der Waals surface area contributed by atoms with Crippen LogP contribution >= 0.6 is 0 Å². The van der Waals surface area contributed by atoms with Gasteiger partial charge in [0.05, 0.1) is 16.6 Å². The van der Waals surface area contributed by atoms with E-state index in [0.29, 0.717) is 6.67 Å². The number of fused-ring (bicyclic) bond motifs is 6. The van der Waals surface area contributed by atoms with Crippen molar-refractivity contribution in [3.05, 3.63) is 145 Å². The summed E-state index contributed by atoms with van der Waals surface area (Å²) < 4.78 is 4.55. The van der Waals surface area contributed by atoms with E-state index < -0.39 is 0 Å². The van der Waals surface area contributed by atoms with Crippen LogP contribution in [0.1, 0.15) is 47.1 Å². The Labute approximate surface area is 279 Å². The molecular formula is C43H46N4. The van der Waals surface area contributed by atoms with E-state index in [4.69, 9.17) is 4.99 Å². The molecule has 4 nitrogen and oxygen atoms in total. The Morgan fingerprint density at radius 2 is 1.28 bits per heavy atom. The molecule has 0 amide bonds. The summed E-state index contributed by atoms with van der Waals surface area (Å²) in [5.41, 5.74) is 6.71. The smallest absolute Gasteiger partial charge is 0.114 e. The van der Waals surface area contributed by atoms with E-state index in [1.165, 1.54) is 43.5 Å². The van der Waals surface area contributed by atoms with Gasteiger partial charge in [-0.1, -0.05) is 113 Å². The zero-order valence-corrected chi connectivity index (χ0v) is 28.6. The minimum absolute atomic E-state index is 0.503. The fourth-order valence-corrected chi connectivity index (χ4v) is 5.59. The molecule has 0 atom stereocenters. The van der Waals surface area contributed by atoms with Crippen LogP contribution in [0, 0.1) is 0 Å². The molecule has 47 heavy (non-hydrogen) atoms. The van der Waals surface area contributed by atoms with E-state index in [1.807, 2.05) is 78.1 Å². The number of nitrogens with zero attached hydrogens (tertiary/aromatic N) is 4. The molecule has 0 radical (unpaired) electrons. The maximum Gasteiger partial charge on any atom is 0.114 e. The molecule has 2 heterocycles. The third-order valence-corrected chi connectivity index (χ3v) is 7.74. The van der Waals surface area contributed by atoms with Crippen molar-refractivity contribution >= 4 is 62.0 Å². The van der Waals surface area contributed by atoms with Gasteiger partial charge in [0.1, 0.15) is 6.67 Å². The molecular weight excluding hydrogens is 573 g/mol. The van der Waals surface area contributed by atoms with Crippen molar-refractivity contribution in [3.8, 4) is 5.69 Å². The van der Waals surface area contributed by atoms with Gasteiger partial charge in [-0.15, -0.1) is 0 Å². The fraction of sp³-hybridized carbons (Fsp3) is 0.163. The van der Waals surface area contributed by atoms with E-state index in [9.17, 15) is 0 Å². The summed E-state index contributed by atoms with van der Waals surface area (Å²) in [5, 5.41) is 6.19. The number of aromatic nitrogens is 2. The van der Waals surface area contributed by atoms with E-state index in [0.717, 1.165) is 16.8 Å². The van der Waals surface area contributed by atoms with Gasteiger partial charge in [0.2, 0.25) is 0 Å². The summed E-state index contributed by atoms with van der Waals surface area (Å²) in [6.45, 7) is 16.1. The van der Waals surface area contributed by atoms with Crippen LogP contribution in [-0.4, -0.2) is 22.1 Å². The molecule has 0 aliphatic heterocycles. The highest BCUT2D eigenvalue weighted by Gasteiger charge is 2.14. The Bertz CT molecular complexity index is 2120. The van der Waals surface area contributed by atoms with Gasteiger partial charge >= 0.3 is 0 Å². The average Bonchev–Trinajstić information content (AvgIpc) is 3.72. The molecule has 0 aliphatic rings. The summed E-state index contributed by atoms with van der Waals surface area (Å²) in [5.74, 6) is 0. The van der Waals surface area contributed by atoms with Crippen LogP contribution in [0.4, 0.5) is 0 Å². The normalized spacial score (nSPS) is 11.3. The molecule has 2 aromatic heterocycles. The molecule has 0 saturated heterocycles. The van der Waals surface area contributed by atoms with Crippen molar-refractivity contribution in [3.63, 3.8) is 0 Å². The molecule has 4 heteroatoms. The van der Waals surface area contributed by atoms with E-state index >= 15 is 0 Å². The number of hydrogen-bond donors (Lipinski definition) is 0. The van der Waals surface area contributed by atoms with Crippen LogP contribution in [0.5, 0.6) is 0 Å². The Morgan fingerprint density at radius 1 is 0.638 bits per heavy atom. The SMILES string of the molecule is C/C=C\C.C=N/C=C(\C=N/Cn1c2ccccc2c2cc3c(ccc4c3ccn4-c3ccccc3)cc21)c1ccccc1.CC.CC. The third kappa shape index (κ3) is 7.50. The zero-order valence-electron chi connectivity index (χ0n) is 28.6. The van der Waals surface area contributed by atoms with Crippen molar-refractivity contribution < 1.29 is 0 Å². The Kier molecular flexibility index (Phi) is 12.6. The molecule has 0 unspecified atom stereocenters. The predicted octanol–water partition coefficient (Wildman–Crippen LogP) is 12.3. The maximum atomic E-state index is 4.85. The molecule has 7 rings (SSSR count). The van der Waals surface area contributed by atoms with Crippen LogP contribution in [0.3, 0.4) is 0 Å². The molecule has 5 aromatic carbocycles. The van der Waals surface area contributed by atoms with Crippen molar-refractivity contribution in [2.45, 2.75) is 48.2 Å². The van der Waals surface area contributed by atoms with Gasteiger partial charge in [0.15, 0.2) is 0 Å². The average molecular weight is 619 g/mol. The molecule has 0 saturated carbocycles. The van der Waals surface area contributed by atoms with Crippen molar-refractivity contribution in [2.24, 2.45) is 9.98 Å². The van der Waals surface area contributed by atoms with Crippen LogP contribution in [0.15, 0.2) is 150 Å². The topological polar surface area (TPSA) is 34.6 Å². The molecule has 0 bridgehead atoms.